The Bertz CT molecular complexity index is 568. The highest BCUT2D eigenvalue weighted by Gasteiger charge is 2.39. The molecule has 1 aliphatic rings. The van der Waals surface area contributed by atoms with Crippen LogP contribution < -0.4 is 5.32 Å². The highest BCUT2D eigenvalue weighted by atomic mass is 16.2. The van der Waals surface area contributed by atoms with E-state index in [-0.39, 0.29) is 11.9 Å². The molecule has 1 N–H and O–H groups in total. The Morgan fingerprint density at radius 2 is 1.60 bits per heavy atom. The van der Waals surface area contributed by atoms with Gasteiger partial charge in [-0.15, -0.1) is 0 Å². The first kappa shape index (κ1) is 12.9. The first-order valence-electron chi connectivity index (χ1n) is 6.92. The first-order chi connectivity index (χ1) is 9.83. The molecule has 0 aliphatic carbocycles. The molecule has 0 saturated carbocycles. The van der Waals surface area contributed by atoms with Crippen molar-refractivity contribution in [1.82, 2.24) is 10.2 Å². The molecule has 2 aromatic rings. The van der Waals surface area contributed by atoms with Crippen molar-refractivity contribution in [2.45, 2.75) is 19.1 Å². The third-order valence-corrected chi connectivity index (χ3v) is 3.56. The summed E-state index contributed by atoms with van der Waals surface area (Å²) < 4.78 is 0. The van der Waals surface area contributed by atoms with Crippen LogP contribution >= 0.6 is 0 Å². The zero-order valence-electron chi connectivity index (χ0n) is 11.3. The lowest BCUT2D eigenvalue weighted by atomic mass is 10.2. The number of carbonyl (C=O) groups is 1. The van der Waals surface area contributed by atoms with E-state index < -0.39 is 0 Å². The number of carbonyl (C=O) groups excluding carboxylic acids is 1. The fraction of sp³-hybridized carbons (Fsp3) is 0.235. The van der Waals surface area contributed by atoms with Crippen LogP contribution in [-0.4, -0.2) is 23.4 Å². The molecule has 0 radical (unpaired) electrons. The quantitative estimate of drug-likeness (QED) is 0.841. The smallest absolute Gasteiger partial charge is 0.238 e. The average molecular weight is 266 g/mol. The maximum absolute atomic E-state index is 12.0. The van der Waals surface area contributed by atoms with Crippen LogP contribution in [0.4, 0.5) is 0 Å². The fourth-order valence-electron chi connectivity index (χ4n) is 2.32. The molecule has 3 nitrogen and oxygen atoms in total. The van der Waals surface area contributed by atoms with E-state index in [2.05, 4.69) is 22.3 Å². The Morgan fingerprint density at radius 1 is 1.00 bits per heavy atom. The first-order valence-corrected chi connectivity index (χ1v) is 6.92. The minimum atomic E-state index is 0.0407. The second-order valence-corrected chi connectivity index (χ2v) is 5.13. The Labute approximate surface area is 119 Å². The minimum Gasteiger partial charge on any atom is -0.351 e. The predicted molar refractivity (Wildman–Crippen MR) is 78.9 cm³/mol. The summed E-state index contributed by atoms with van der Waals surface area (Å²) in [7, 11) is 0. The van der Waals surface area contributed by atoms with E-state index in [0.717, 1.165) is 18.7 Å². The van der Waals surface area contributed by atoms with E-state index in [1.54, 1.807) is 0 Å². The van der Waals surface area contributed by atoms with Crippen molar-refractivity contribution in [2.24, 2.45) is 0 Å². The summed E-state index contributed by atoms with van der Waals surface area (Å²) in [5, 5.41) is 3.00. The Morgan fingerprint density at radius 3 is 2.25 bits per heavy atom. The molecule has 0 spiro atoms. The summed E-state index contributed by atoms with van der Waals surface area (Å²) in [5.74, 6) is 0.129. The summed E-state index contributed by atoms with van der Waals surface area (Å²) in [5.41, 5.74) is 2.39. The van der Waals surface area contributed by atoms with E-state index in [4.69, 9.17) is 0 Å². The maximum atomic E-state index is 12.0. The zero-order valence-corrected chi connectivity index (χ0v) is 11.3. The summed E-state index contributed by atoms with van der Waals surface area (Å²) >= 11 is 0. The van der Waals surface area contributed by atoms with Gasteiger partial charge in [0.15, 0.2) is 0 Å². The molecule has 2 unspecified atom stereocenters. The lowest BCUT2D eigenvalue weighted by Crippen LogP contribution is -2.29. The summed E-state index contributed by atoms with van der Waals surface area (Å²) in [6.07, 6.45) is 0. The standard InChI is InChI=1S/C17H18N2O/c20-17(18-11-14-7-3-1-4-8-14)16-13-19(16)12-15-9-5-2-6-10-15/h1-10,16H,11-13H2,(H,18,20). The summed E-state index contributed by atoms with van der Waals surface area (Å²) in [6.45, 7) is 2.31. The van der Waals surface area contributed by atoms with Crippen LogP contribution in [0.2, 0.25) is 0 Å². The third kappa shape index (κ3) is 3.25. The molecule has 3 rings (SSSR count). The molecule has 1 amide bonds. The largest absolute Gasteiger partial charge is 0.351 e. The number of nitrogens with zero attached hydrogens (tertiary/aromatic N) is 1. The molecule has 2 atom stereocenters. The Balaban J connectivity index is 1.46. The SMILES string of the molecule is O=C(NCc1ccccc1)C1CN1Cc1ccccc1. The topological polar surface area (TPSA) is 32.1 Å². The molecule has 0 bridgehead atoms. The van der Waals surface area contributed by atoms with E-state index >= 15 is 0 Å². The number of hydrogen-bond acceptors (Lipinski definition) is 2. The zero-order chi connectivity index (χ0) is 13.8. The number of benzene rings is 2. The van der Waals surface area contributed by atoms with Gasteiger partial charge in [-0.05, 0) is 11.1 Å². The van der Waals surface area contributed by atoms with Gasteiger partial charge in [0.1, 0.15) is 6.04 Å². The molecule has 3 heteroatoms. The molecule has 2 aromatic carbocycles. The minimum absolute atomic E-state index is 0.0407. The van der Waals surface area contributed by atoms with Crippen LogP contribution in [0.1, 0.15) is 11.1 Å². The lowest BCUT2D eigenvalue weighted by Gasteiger charge is -2.06. The van der Waals surface area contributed by atoms with Crippen LogP contribution in [0, 0.1) is 0 Å². The molecule has 1 saturated heterocycles. The number of amides is 1. The highest BCUT2D eigenvalue weighted by molar-refractivity contribution is 5.84. The van der Waals surface area contributed by atoms with Gasteiger partial charge in [0.25, 0.3) is 0 Å². The van der Waals surface area contributed by atoms with Crippen LogP contribution in [0.3, 0.4) is 0 Å². The van der Waals surface area contributed by atoms with Gasteiger partial charge in [0, 0.05) is 19.6 Å². The normalized spacial score (nSPS) is 20.4. The number of rotatable bonds is 5. The molecule has 0 aromatic heterocycles. The van der Waals surface area contributed by atoms with Gasteiger partial charge in [0.05, 0.1) is 0 Å². The van der Waals surface area contributed by atoms with E-state index in [0.29, 0.717) is 6.54 Å². The second-order valence-electron chi connectivity index (χ2n) is 5.13. The van der Waals surface area contributed by atoms with Crippen molar-refractivity contribution in [2.75, 3.05) is 6.54 Å². The van der Waals surface area contributed by atoms with Crippen molar-refractivity contribution >= 4 is 5.91 Å². The number of hydrogen-bond donors (Lipinski definition) is 1. The van der Waals surface area contributed by atoms with Crippen molar-refractivity contribution in [3.05, 3.63) is 71.8 Å². The van der Waals surface area contributed by atoms with E-state index in [9.17, 15) is 4.79 Å². The Kier molecular flexibility index (Phi) is 3.79. The highest BCUT2D eigenvalue weighted by Crippen LogP contribution is 2.21. The van der Waals surface area contributed by atoms with Gasteiger partial charge < -0.3 is 5.32 Å². The van der Waals surface area contributed by atoms with Crippen molar-refractivity contribution in [3.8, 4) is 0 Å². The molecule has 1 fully saturated rings. The summed E-state index contributed by atoms with van der Waals surface area (Å²) in [6, 6.07) is 20.3. The van der Waals surface area contributed by atoms with Crippen molar-refractivity contribution in [1.29, 1.82) is 0 Å². The van der Waals surface area contributed by atoms with Gasteiger partial charge in [-0.1, -0.05) is 60.7 Å². The predicted octanol–water partition coefficient (Wildman–Crippen LogP) is 2.19. The van der Waals surface area contributed by atoms with Crippen molar-refractivity contribution < 1.29 is 4.79 Å². The summed E-state index contributed by atoms with van der Waals surface area (Å²) in [4.78, 5) is 14.2. The van der Waals surface area contributed by atoms with Gasteiger partial charge in [-0.2, -0.15) is 0 Å². The molecule has 1 heterocycles. The van der Waals surface area contributed by atoms with Gasteiger partial charge >= 0.3 is 0 Å². The van der Waals surface area contributed by atoms with Gasteiger partial charge in [-0.25, -0.2) is 0 Å². The molecule has 20 heavy (non-hydrogen) atoms. The average Bonchev–Trinajstić information content (AvgIpc) is 3.26. The Hall–Kier alpha value is -2.13. The number of nitrogens with one attached hydrogen (secondary N) is 1. The third-order valence-electron chi connectivity index (χ3n) is 3.56. The van der Waals surface area contributed by atoms with Gasteiger partial charge in [-0.3, -0.25) is 9.69 Å². The van der Waals surface area contributed by atoms with Crippen LogP contribution in [0.5, 0.6) is 0 Å². The molecule has 1 aliphatic heterocycles. The molecular weight excluding hydrogens is 248 g/mol. The monoisotopic (exact) mass is 266 g/mol. The lowest BCUT2D eigenvalue weighted by molar-refractivity contribution is -0.121. The maximum Gasteiger partial charge on any atom is 0.238 e. The second kappa shape index (κ2) is 5.88. The molecule has 102 valence electrons. The van der Waals surface area contributed by atoms with Crippen LogP contribution in [0.25, 0.3) is 0 Å². The van der Waals surface area contributed by atoms with Gasteiger partial charge in [0.2, 0.25) is 5.91 Å². The van der Waals surface area contributed by atoms with Crippen molar-refractivity contribution in [3.63, 3.8) is 0 Å². The van der Waals surface area contributed by atoms with Crippen LogP contribution in [-0.2, 0) is 17.9 Å². The fourth-order valence-corrected chi connectivity index (χ4v) is 2.32. The molecular formula is C17H18N2O. The van der Waals surface area contributed by atoms with E-state index in [1.165, 1.54) is 5.56 Å². The van der Waals surface area contributed by atoms with Crippen LogP contribution in [0.15, 0.2) is 60.7 Å². The van der Waals surface area contributed by atoms with E-state index in [1.807, 2.05) is 48.5 Å².